The Morgan fingerprint density at radius 2 is 1.79 bits per heavy atom. The molecule has 0 saturated carbocycles. The van der Waals surface area contributed by atoms with Gasteiger partial charge in [-0.25, -0.2) is 0 Å². The lowest BCUT2D eigenvalue weighted by atomic mass is 10.1. The van der Waals surface area contributed by atoms with Crippen molar-refractivity contribution in [1.29, 1.82) is 0 Å². The lowest BCUT2D eigenvalue weighted by Crippen LogP contribution is -2.46. The molecule has 1 aliphatic heterocycles. The molecule has 0 radical (unpaired) electrons. The second kappa shape index (κ2) is 14.7. The third-order valence-electron chi connectivity index (χ3n) is 5.19. The van der Waals surface area contributed by atoms with Gasteiger partial charge in [0.1, 0.15) is 0 Å². The van der Waals surface area contributed by atoms with E-state index < -0.39 is 0 Å². The third-order valence-corrected chi connectivity index (χ3v) is 5.75. The van der Waals surface area contributed by atoms with Crippen LogP contribution in [-0.4, -0.2) is 68.1 Å². The van der Waals surface area contributed by atoms with E-state index in [4.69, 9.17) is 28.2 Å². The van der Waals surface area contributed by atoms with Gasteiger partial charge < -0.3 is 20.4 Å². The third kappa shape index (κ3) is 9.59. The SMILES string of the molecule is CCNC(=NCCCCN1CCN(CC)CC1)NC(C)c1ccc(Cl)cc1Cl.I. The van der Waals surface area contributed by atoms with Crippen LogP contribution in [0, 0.1) is 0 Å². The predicted octanol–water partition coefficient (Wildman–Crippen LogP) is 4.65. The van der Waals surface area contributed by atoms with E-state index in [2.05, 4.69) is 41.2 Å². The molecular formula is C21H36Cl2IN5. The van der Waals surface area contributed by atoms with Crippen molar-refractivity contribution in [3.63, 3.8) is 0 Å². The van der Waals surface area contributed by atoms with Crippen molar-refractivity contribution in [2.45, 2.75) is 39.7 Å². The molecule has 1 atom stereocenters. The first-order chi connectivity index (χ1) is 13.5. The van der Waals surface area contributed by atoms with Gasteiger partial charge in [0.15, 0.2) is 5.96 Å². The van der Waals surface area contributed by atoms with Crippen LogP contribution < -0.4 is 10.6 Å². The fourth-order valence-electron chi connectivity index (χ4n) is 3.42. The van der Waals surface area contributed by atoms with Gasteiger partial charge in [-0.15, -0.1) is 24.0 Å². The number of aliphatic imine (C=N–C) groups is 1. The van der Waals surface area contributed by atoms with E-state index in [9.17, 15) is 0 Å². The maximum atomic E-state index is 6.33. The summed E-state index contributed by atoms with van der Waals surface area (Å²) in [5, 5.41) is 8.08. The van der Waals surface area contributed by atoms with Crippen LogP contribution in [0.15, 0.2) is 23.2 Å². The van der Waals surface area contributed by atoms with Crippen molar-refractivity contribution in [1.82, 2.24) is 20.4 Å². The van der Waals surface area contributed by atoms with Crippen molar-refractivity contribution in [3.05, 3.63) is 33.8 Å². The molecule has 2 N–H and O–H groups in total. The molecule has 0 aliphatic carbocycles. The highest BCUT2D eigenvalue weighted by molar-refractivity contribution is 14.0. The van der Waals surface area contributed by atoms with Crippen LogP contribution >= 0.6 is 47.2 Å². The summed E-state index contributed by atoms with van der Waals surface area (Å²) in [6.07, 6.45) is 2.29. The second-order valence-electron chi connectivity index (χ2n) is 7.28. The number of likely N-dealkylation sites (N-methyl/N-ethyl adjacent to an activating group) is 1. The number of benzene rings is 1. The summed E-state index contributed by atoms with van der Waals surface area (Å²) < 4.78 is 0. The predicted molar refractivity (Wildman–Crippen MR) is 137 cm³/mol. The van der Waals surface area contributed by atoms with Crippen molar-refractivity contribution in [2.24, 2.45) is 4.99 Å². The normalized spacial score (nSPS) is 16.9. The van der Waals surface area contributed by atoms with Crippen LogP contribution in [0.3, 0.4) is 0 Å². The lowest BCUT2D eigenvalue weighted by molar-refractivity contribution is 0.136. The summed E-state index contributed by atoms with van der Waals surface area (Å²) >= 11 is 12.3. The number of halogens is 3. The first-order valence-electron chi connectivity index (χ1n) is 10.5. The Kier molecular flexibility index (Phi) is 13.5. The molecule has 29 heavy (non-hydrogen) atoms. The minimum Gasteiger partial charge on any atom is -0.357 e. The Morgan fingerprint density at radius 3 is 2.41 bits per heavy atom. The van der Waals surface area contributed by atoms with Gasteiger partial charge in [-0.2, -0.15) is 0 Å². The Labute approximate surface area is 203 Å². The van der Waals surface area contributed by atoms with Crippen molar-refractivity contribution in [2.75, 3.05) is 52.4 Å². The average molecular weight is 556 g/mol. The molecule has 0 spiro atoms. The molecule has 8 heteroatoms. The van der Waals surface area contributed by atoms with E-state index in [1.165, 1.54) is 45.7 Å². The summed E-state index contributed by atoms with van der Waals surface area (Å²) in [4.78, 5) is 9.82. The van der Waals surface area contributed by atoms with Gasteiger partial charge in [0.05, 0.1) is 6.04 Å². The van der Waals surface area contributed by atoms with Gasteiger partial charge in [-0.05, 0) is 57.5 Å². The highest BCUT2D eigenvalue weighted by Gasteiger charge is 2.14. The molecule has 0 amide bonds. The minimum absolute atomic E-state index is 0. The maximum Gasteiger partial charge on any atom is 0.191 e. The van der Waals surface area contributed by atoms with Gasteiger partial charge in [0.2, 0.25) is 0 Å². The minimum atomic E-state index is 0. The molecule has 0 aromatic heterocycles. The Hall–Kier alpha value is -0.280. The fraction of sp³-hybridized carbons (Fsp3) is 0.667. The number of nitrogens with one attached hydrogen (secondary N) is 2. The van der Waals surface area contributed by atoms with E-state index >= 15 is 0 Å². The molecular weight excluding hydrogens is 520 g/mol. The van der Waals surface area contributed by atoms with Gasteiger partial charge >= 0.3 is 0 Å². The molecule has 0 bridgehead atoms. The molecule has 1 fully saturated rings. The fourth-order valence-corrected chi connectivity index (χ4v) is 3.99. The topological polar surface area (TPSA) is 42.9 Å². The van der Waals surface area contributed by atoms with E-state index in [0.29, 0.717) is 10.0 Å². The summed E-state index contributed by atoms with van der Waals surface area (Å²) in [5.74, 6) is 0.831. The first kappa shape index (κ1) is 26.8. The number of hydrogen-bond acceptors (Lipinski definition) is 3. The number of hydrogen-bond donors (Lipinski definition) is 2. The molecule has 1 unspecified atom stereocenters. The zero-order valence-electron chi connectivity index (χ0n) is 17.9. The van der Waals surface area contributed by atoms with Crippen LogP contribution in [0.2, 0.25) is 10.0 Å². The monoisotopic (exact) mass is 555 g/mol. The zero-order valence-corrected chi connectivity index (χ0v) is 21.7. The van der Waals surface area contributed by atoms with Gasteiger partial charge in [-0.1, -0.05) is 36.2 Å². The van der Waals surface area contributed by atoms with E-state index in [1.807, 2.05) is 12.1 Å². The van der Waals surface area contributed by atoms with E-state index in [-0.39, 0.29) is 30.0 Å². The lowest BCUT2D eigenvalue weighted by Gasteiger charge is -2.33. The average Bonchev–Trinajstić information content (AvgIpc) is 2.68. The molecule has 1 heterocycles. The highest BCUT2D eigenvalue weighted by atomic mass is 127. The molecule has 1 aromatic rings. The highest BCUT2D eigenvalue weighted by Crippen LogP contribution is 2.25. The molecule has 1 aromatic carbocycles. The summed E-state index contributed by atoms with van der Waals surface area (Å²) in [5.41, 5.74) is 1.02. The summed E-state index contributed by atoms with van der Waals surface area (Å²) in [7, 11) is 0. The Balaban J connectivity index is 0.00000420. The smallest absolute Gasteiger partial charge is 0.191 e. The van der Waals surface area contributed by atoms with Crippen LogP contribution in [-0.2, 0) is 0 Å². The molecule has 5 nitrogen and oxygen atoms in total. The number of rotatable bonds is 9. The van der Waals surface area contributed by atoms with Crippen LogP contribution in [0.4, 0.5) is 0 Å². The van der Waals surface area contributed by atoms with Crippen LogP contribution in [0.25, 0.3) is 0 Å². The van der Waals surface area contributed by atoms with Gasteiger partial charge in [-0.3, -0.25) is 4.99 Å². The van der Waals surface area contributed by atoms with Crippen molar-refractivity contribution in [3.8, 4) is 0 Å². The largest absolute Gasteiger partial charge is 0.357 e. The Morgan fingerprint density at radius 1 is 1.10 bits per heavy atom. The second-order valence-corrected chi connectivity index (χ2v) is 8.12. The van der Waals surface area contributed by atoms with Crippen LogP contribution in [0.5, 0.6) is 0 Å². The molecule has 1 aliphatic rings. The van der Waals surface area contributed by atoms with Crippen LogP contribution in [0.1, 0.15) is 45.2 Å². The standard InChI is InChI=1S/C21H35Cl2N5.HI/c1-4-24-21(26-17(3)19-9-8-18(22)16-20(19)23)25-10-6-7-11-28-14-12-27(5-2)13-15-28;/h8-9,16-17H,4-7,10-15H2,1-3H3,(H2,24,25,26);1H. The van der Waals surface area contributed by atoms with Gasteiger partial charge in [0, 0.05) is 49.3 Å². The molecule has 1 saturated heterocycles. The maximum absolute atomic E-state index is 6.33. The van der Waals surface area contributed by atoms with E-state index in [1.54, 1.807) is 6.07 Å². The summed E-state index contributed by atoms with van der Waals surface area (Å²) in [6.45, 7) is 15.2. The number of guanidine groups is 1. The van der Waals surface area contributed by atoms with Crippen molar-refractivity contribution < 1.29 is 0 Å². The zero-order chi connectivity index (χ0) is 20.4. The number of unbranched alkanes of at least 4 members (excludes halogenated alkanes) is 1. The molecule has 166 valence electrons. The first-order valence-corrected chi connectivity index (χ1v) is 11.2. The van der Waals surface area contributed by atoms with Gasteiger partial charge in [0.25, 0.3) is 0 Å². The summed E-state index contributed by atoms with van der Waals surface area (Å²) in [6, 6.07) is 5.66. The molecule has 2 rings (SSSR count). The number of nitrogens with zero attached hydrogens (tertiary/aromatic N) is 3. The van der Waals surface area contributed by atoms with E-state index in [0.717, 1.165) is 31.0 Å². The van der Waals surface area contributed by atoms with Crippen molar-refractivity contribution >= 4 is 53.1 Å². The quantitative estimate of drug-likeness (QED) is 0.201. The Bertz CT molecular complexity index is 621. The number of piperazine rings is 1.